The van der Waals surface area contributed by atoms with E-state index in [9.17, 15) is 8.42 Å². The second-order valence-electron chi connectivity index (χ2n) is 6.15. The molecule has 4 heteroatoms. The lowest BCUT2D eigenvalue weighted by molar-refractivity contribution is 0.421. The van der Waals surface area contributed by atoms with Crippen molar-refractivity contribution in [2.45, 2.75) is 95.1 Å². The minimum absolute atomic E-state index is 0.0796. The van der Waals surface area contributed by atoms with Crippen LogP contribution in [-0.4, -0.2) is 31.5 Å². The van der Waals surface area contributed by atoms with Gasteiger partial charge in [0.1, 0.15) is 0 Å². The molecule has 0 saturated heterocycles. The summed E-state index contributed by atoms with van der Waals surface area (Å²) in [4.78, 5) is 0. The van der Waals surface area contributed by atoms with Crippen LogP contribution in [0, 0.1) is 0 Å². The number of sulfone groups is 1. The van der Waals surface area contributed by atoms with Crippen LogP contribution in [0.2, 0.25) is 0 Å². The molecule has 20 heavy (non-hydrogen) atoms. The standard InChI is InChI=1S/C16H33NO2S/c1-4-10-15(17-13-5-2)16(6-3)20(18,19)14-11-8-7-9-12-14/h14-17H,4-13H2,1-3H3. The number of hydrogen-bond donors (Lipinski definition) is 1. The topological polar surface area (TPSA) is 46.2 Å². The Kier molecular flexibility index (Phi) is 8.11. The number of rotatable bonds is 9. The summed E-state index contributed by atoms with van der Waals surface area (Å²) in [6.07, 6.45) is 8.93. The minimum Gasteiger partial charge on any atom is -0.313 e. The van der Waals surface area contributed by atoms with Gasteiger partial charge in [-0.2, -0.15) is 0 Å². The van der Waals surface area contributed by atoms with Crippen LogP contribution in [0.1, 0.15) is 78.6 Å². The highest BCUT2D eigenvalue weighted by Crippen LogP contribution is 2.29. The molecule has 120 valence electrons. The third-order valence-corrected chi connectivity index (χ3v) is 7.45. The van der Waals surface area contributed by atoms with Gasteiger partial charge in [0, 0.05) is 6.04 Å². The lowest BCUT2D eigenvalue weighted by Crippen LogP contribution is -2.47. The summed E-state index contributed by atoms with van der Waals surface area (Å²) >= 11 is 0. The van der Waals surface area contributed by atoms with Gasteiger partial charge in [0.15, 0.2) is 9.84 Å². The molecular formula is C16H33NO2S. The normalized spacial score (nSPS) is 20.8. The van der Waals surface area contributed by atoms with Crippen molar-refractivity contribution in [3.8, 4) is 0 Å². The van der Waals surface area contributed by atoms with E-state index in [0.29, 0.717) is 0 Å². The molecule has 2 atom stereocenters. The summed E-state index contributed by atoms with van der Waals surface area (Å²) in [7, 11) is -2.99. The summed E-state index contributed by atoms with van der Waals surface area (Å²) in [5.41, 5.74) is 0. The van der Waals surface area contributed by atoms with Gasteiger partial charge in [-0.15, -0.1) is 0 Å². The van der Waals surface area contributed by atoms with Crippen LogP contribution >= 0.6 is 0 Å². The first-order valence-corrected chi connectivity index (χ1v) is 10.1. The van der Waals surface area contributed by atoms with Gasteiger partial charge >= 0.3 is 0 Å². The van der Waals surface area contributed by atoms with Gasteiger partial charge in [0.2, 0.25) is 0 Å². The summed E-state index contributed by atoms with van der Waals surface area (Å²) < 4.78 is 25.9. The Labute approximate surface area is 125 Å². The average Bonchev–Trinajstić information content (AvgIpc) is 2.46. The number of nitrogens with one attached hydrogen (secondary N) is 1. The van der Waals surface area contributed by atoms with E-state index in [4.69, 9.17) is 0 Å². The fraction of sp³-hybridized carbons (Fsp3) is 1.00. The minimum atomic E-state index is -2.99. The van der Waals surface area contributed by atoms with Crippen LogP contribution in [0.25, 0.3) is 0 Å². The van der Waals surface area contributed by atoms with Crippen molar-refractivity contribution in [1.29, 1.82) is 0 Å². The van der Waals surface area contributed by atoms with Crippen molar-refractivity contribution in [2.24, 2.45) is 0 Å². The van der Waals surface area contributed by atoms with Gasteiger partial charge in [0.05, 0.1) is 10.5 Å². The Morgan fingerprint density at radius 1 is 1.05 bits per heavy atom. The zero-order valence-electron chi connectivity index (χ0n) is 13.5. The first-order chi connectivity index (χ1) is 9.57. The van der Waals surface area contributed by atoms with Crippen molar-refractivity contribution >= 4 is 9.84 Å². The number of hydrogen-bond acceptors (Lipinski definition) is 3. The van der Waals surface area contributed by atoms with Gasteiger partial charge in [-0.25, -0.2) is 8.42 Å². The Morgan fingerprint density at radius 2 is 1.70 bits per heavy atom. The van der Waals surface area contributed by atoms with E-state index < -0.39 is 9.84 Å². The van der Waals surface area contributed by atoms with E-state index in [-0.39, 0.29) is 16.5 Å². The monoisotopic (exact) mass is 303 g/mol. The summed E-state index contributed by atoms with van der Waals surface area (Å²) in [5.74, 6) is 0. The molecule has 0 aromatic rings. The zero-order valence-corrected chi connectivity index (χ0v) is 14.3. The molecule has 0 aromatic carbocycles. The predicted molar refractivity (Wildman–Crippen MR) is 86.9 cm³/mol. The molecule has 1 rings (SSSR count). The van der Waals surface area contributed by atoms with E-state index in [0.717, 1.165) is 57.9 Å². The first-order valence-electron chi connectivity index (χ1n) is 8.53. The van der Waals surface area contributed by atoms with E-state index in [2.05, 4.69) is 19.2 Å². The highest BCUT2D eigenvalue weighted by Gasteiger charge is 2.37. The lowest BCUT2D eigenvalue weighted by Gasteiger charge is -2.32. The SMILES string of the molecule is CCCNC(CCC)C(CC)S(=O)(=O)C1CCCCC1. The fourth-order valence-electron chi connectivity index (χ4n) is 3.45. The molecule has 2 unspecified atom stereocenters. The van der Waals surface area contributed by atoms with Gasteiger partial charge in [-0.3, -0.25) is 0 Å². The third-order valence-electron chi connectivity index (χ3n) is 4.55. The van der Waals surface area contributed by atoms with E-state index in [1.807, 2.05) is 6.92 Å². The molecule has 0 aromatic heterocycles. The second-order valence-corrected chi connectivity index (χ2v) is 8.60. The molecule has 0 aliphatic heterocycles. The maximum absolute atomic E-state index is 13.0. The molecule has 1 fully saturated rings. The zero-order chi connectivity index (χ0) is 15.0. The smallest absolute Gasteiger partial charge is 0.157 e. The molecule has 0 amide bonds. The predicted octanol–water partition coefficient (Wildman–Crippen LogP) is 3.68. The molecule has 1 aliphatic rings. The van der Waals surface area contributed by atoms with Crippen molar-refractivity contribution < 1.29 is 8.42 Å². The molecule has 3 nitrogen and oxygen atoms in total. The second kappa shape index (κ2) is 9.04. The Morgan fingerprint density at radius 3 is 2.20 bits per heavy atom. The fourth-order valence-corrected chi connectivity index (χ4v) is 6.09. The molecule has 0 bridgehead atoms. The van der Waals surface area contributed by atoms with Gasteiger partial charge in [0.25, 0.3) is 0 Å². The maximum Gasteiger partial charge on any atom is 0.157 e. The average molecular weight is 304 g/mol. The summed E-state index contributed by atoms with van der Waals surface area (Å²) in [6, 6.07) is 0.136. The van der Waals surface area contributed by atoms with Crippen molar-refractivity contribution in [1.82, 2.24) is 5.32 Å². The van der Waals surface area contributed by atoms with Crippen LogP contribution in [0.15, 0.2) is 0 Å². The quantitative estimate of drug-likeness (QED) is 0.707. The molecule has 1 saturated carbocycles. The summed E-state index contributed by atoms with van der Waals surface area (Å²) in [6.45, 7) is 7.22. The van der Waals surface area contributed by atoms with Crippen molar-refractivity contribution in [2.75, 3.05) is 6.54 Å². The Hall–Kier alpha value is -0.0900. The first kappa shape index (κ1) is 18.0. The Bertz CT molecular complexity index is 347. The van der Waals surface area contributed by atoms with Crippen LogP contribution in [-0.2, 0) is 9.84 Å². The van der Waals surface area contributed by atoms with Gasteiger partial charge < -0.3 is 5.32 Å². The van der Waals surface area contributed by atoms with E-state index in [1.54, 1.807) is 0 Å². The van der Waals surface area contributed by atoms with Gasteiger partial charge in [-0.1, -0.05) is 46.5 Å². The third kappa shape index (κ3) is 4.73. The van der Waals surface area contributed by atoms with Crippen LogP contribution < -0.4 is 5.32 Å². The molecule has 0 spiro atoms. The summed E-state index contributed by atoms with van der Waals surface area (Å²) in [5, 5.41) is 3.21. The highest BCUT2D eigenvalue weighted by atomic mass is 32.2. The molecule has 0 heterocycles. The van der Waals surface area contributed by atoms with Crippen LogP contribution in [0.3, 0.4) is 0 Å². The molecule has 1 N–H and O–H groups in total. The largest absolute Gasteiger partial charge is 0.313 e. The van der Waals surface area contributed by atoms with E-state index >= 15 is 0 Å². The molecule has 0 radical (unpaired) electrons. The van der Waals surface area contributed by atoms with Gasteiger partial charge in [-0.05, 0) is 38.6 Å². The van der Waals surface area contributed by atoms with Crippen molar-refractivity contribution in [3.05, 3.63) is 0 Å². The van der Waals surface area contributed by atoms with Crippen LogP contribution in [0.5, 0.6) is 0 Å². The lowest BCUT2D eigenvalue weighted by atomic mass is 10.0. The molecule has 1 aliphatic carbocycles. The maximum atomic E-state index is 13.0. The molecular weight excluding hydrogens is 270 g/mol. The highest BCUT2D eigenvalue weighted by molar-refractivity contribution is 7.92. The van der Waals surface area contributed by atoms with Crippen LogP contribution in [0.4, 0.5) is 0 Å². The van der Waals surface area contributed by atoms with Crippen molar-refractivity contribution in [3.63, 3.8) is 0 Å². The van der Waals surface area contributed by atoms with E-state index in [1.165, 1.54) is 6.42 Å². The Balaban J connectivity index is 2.82.